The molecule has 30 heavy (non-hydrogen) atoms. The van der Waals surface area contributed by atoms with Crippen molar-refractivity contribution in [2.24, 2.45) is 0 Å². The normalized spacial score (nSPS) is 14.4. The van der Waals surface area contributed by atoms with Crippen molar-refractivity contribution in [2.45, 2.75) is 26.3 Å². The molecular formula is C24H31N3O3. The second-order valence-electron chi connectivity index (χ2n) is 7.68. The van der Waals surface area contributed by atoms with Crippen LogP contribution >= 0.6 is 0 Å². The van der Waals surface area contributed by atoms with Crippen LogP contribution in [0.15, 0.2) is 54.6 Å². The summed E-state index contributed by atoms with van der Waals surface area (Å²) in [5, 5.41) is 2.96. The zero-order valence-corrected chi connectivity index (χ0v) is 17.7. The number of carbonyl (C=O) groups is 2. The molecule has 6 nitrogen and oxygen atoms in total. The molecule has 0 atom stereocenters. The van der Waals surface area contributed by atoms with Crippen molar-refractivity contribution >= 4 is 11.8 Å². The second-order valence-corrected chi connectivity index (χ2v) is 7.68. The van der Waals surface area contributed by atoms with E-state index in [0.717, 1.165) is 24.4 Å². The highest BCUT2D eigenvalue weighted by Crippen LogP contribution is 2.12. The van der Waals surface area contributed by atoms with E-state index in [-0.39, 0.29) is 11.8 Å². The summed E-state index contributed by atoms with van der Waals surface area (Å²) in [4.78, 5) is 28.6. The number of carbonyl (C=O) groups excluding carboxylic acids is 2. The fourth-order valence-electron chi connectivity index (χ4n) is 3.42. The Morgan fingerprint density at radius 3 is 2.37 bits per heavy atom. The molecule has 2 amide bonds. The van der Waals surface area contributed by atoms with E-state index in [4.69, 9.17) is 4.74 Å². The number of aryl methyl sites for hydroxylation is 1. The van der Waals surface area contributed by atoms with Gasteiger partial charge in [-0.05, 0) is 31.0 Å². The Labute approximate surface area is 178 Å². The number of piperazine rings is 1. The molecular weight excluding hydrogens is 378 g/mol. The molecule has 3 rings (SSSR count). The maximum absolute atomic E-state index is 12.4. The van der Waals surface area contributed by atoms with Gasteiger partial charge >= 0.3 is 0 Å². The Hall–Kier alpha value is -2.86. The van der Waals surface area contributed by atoms with Gasteiger partial charge in [0.05, 0.1) is 13.2 Å². The third kappa shape index (κ3) is 7.19. The van der Waals surface area contributed by atoms with E-state index in [1.807, 2.05) is 66.4 Å². The lowest BCUT2D eigenvalue weighted by molar-refractivity contribution is -0.133. The average molecular weight is 410 g/mol. The summed E-state index contributed by atoms with van der Waals surface area (Å²) in [6.45, 7) is 6.29. The molecule has 0 spiro atoms. The van der Waals surface area contributed by atoms with Crippen LogP contribution in [0.3, 0.4) is 0 Å². The smallest absolute Gasteiger partial charge is 0.234 e. The molecule has 1 aliphatic heterocycles. The van der Waals surface area contributed by atoms with Crippen LogP contribution in [0.4, 0.5) is 0 Å². The van der Waals surface area contributed by atoms with Gasteiger partial charge in [0.25, 0.3) is 0 Å². The van der Waals surface area contributed by atoms with E-state index in [0.29, 0.717) is 45.6 Å². The minimum absolute atomic E-state index is 0.0203. The quantitative estimate of drug-likeness (QED) is 0.647. The average Bonchev–Trinajstić information content (AvgIpc) is 2.77. The molecule has 0 unspecified atom stereocenters. The lowest BCUT2D eigenvalue weighted by Crippen LogP contribution is -2.51. The van der Waals surface area contributed by atoms with Crippen molar-refractivity contribution < 1.29 is 14.3 Å². The first-order valence-corrected chi connectivity index (χ1v) is 10.6. The molecule has 1 aliphatic rings. The summed E-state index contributed by atoms with van der Waals surface area (Å²) in [5.74, 6) is 1.02. The zero-order valence-electron chi connectivity index (χ0n) is 17.7. The molecule has 0 aromatic heterocycles. The number of amides is 2. The van der Waals surface area contributed by atoms with Gasteiger partial charge in [0.15, 0.2) is 0 Å². The van der Waals surface area contributed by atoms with Crippen LogP contribution in [0, 0.1) is 6.92 Å². The molecule has 2 aromatic carbocycles. The first-order chi connectivity index (χ1) is 14.6. The van der Waals surface area contributed by atoms with Crippen molar-refractivity contribution in [2.75, 3.05) is 39.3 Å². The van der Waals surface area contributed by atoms with Crippen LogP contribution in [0.5, 0.6) is 5.75 Å². The number of nitrogens with zero attached hydrogens (tertiary/aromatic N) is 2. The van der Waals surface area contributed by atoms with Gasteiger partial charge < -0.3 is 15.0 Å². The second kappa shape index (κ2) is 11.4. The molecule has 1 saturated heterocycles. The predicted octanol–water partition coefficient (Wildman–Crippen LogP) is 2.61. The molecule has 0 saturated carbocycles. The summed E-state index contributed by atoms with van der Waals surface area (Å²) in [6, 6.07) is 17.8. The largest absolute Gasteiger partial charge is 0.494 e. The zero-order chi connectivity index (χ0) is 21.2. The van der Waals surface area contributed by atoms with Gasteiger partial charge in [0, 0.05) is 39.1 Å². The standard InChI is InChI=1S/C24H31N3O3/c1-20-9-11-22(12-10-20)30-17-5-8-24(29)27-15-13-26(14-16-27)19-23(28)25-18-21-6-3-2-4-7-21/h2-4,6-7,9-12H,5,8,13-19H2,1H3,(H,25,28). The van der Waals surface area contributed by atoms with Gasteiger partial charge in [-0.3, -0.25) is 14.5 Å². The van der Waals surface area contributed by atoms with Crippen molar-refractivity contribution in [1.29, 1.82) is 0 Å². The number of hydrogen-bond donors (Lipinski definition) is 1. The van der Waals surface area contributed by atoms with Gasteiger partial charge in [-0.1, -0.05) is 48.0 Å². The van der Waals surface area contributed by atoms with Crippen LogP contribution < -0.4 is 10.1 Å². The van der Waals surface area contributed by atoms with E-state index in [1.54, 1.807) is 0 Å². The number of benzene rings is 2. The summed E-state index contributed by atoms with van der Waals surface area (Å²) in [5.41, 5.74) is 2.29. The molecule has 0 aliphatic carbocycles. The maximum Gasteiger partial charge on any atom is 0.234 e. The molecule has 0 radical (unpaired) electrons. The Bertz CT molecular complexity index is 800. The first-order valence-electron chi connectivity index (χ1n) is 10.6. The monoisotopic (exact) mass is 409 g/mol. The Morgan fingerprint density at radius 1 is 0.967 bits per heavy atom. The Morgan fingerprint density at radius 2 is 1.67 bits per heavy atom. The Kier molecular flexibility index (Phi) is 8.27. The Balaban J connectivity index is 1.28. The molecule has 1 fully saturated rings. The van der Waals surface area contributed by atoms with Crippen molar-refractivity contribution in [3.8, 4) is 5.75 Å². The molecule has 1 heterocycles. The number of rotatable bonds is 9. The molecule has 160 valence electrons. The van der Waals surface area contributed by atoms with Gasteiger partial charge in [0.2, 0.25) is 11.8 Å². The predicted molar refractivity (Wildman–Crippen MR) is 117 cm³/mol. The van der Waals surface area contributed by atoms with Gasteiger partial charge in [-0.25, -0.2) is 0 Å². The summed E-state index contributed by atoms with van der Waals surface area (Å²) in [6.07, 6.45) is 1.19. The minimum Gasteiger partial charge on any atom is -0.494 e. The highest BCUT2D eigenvalue weighted by Gasteiger charge is 2.22. The lowest BCUT2D eigenvalue weighted by Gasteiger charge is -2.34. The van der Waals surface area contributed by atoms with Crippen LogP contribution in [0.2, 0.25) is 0 Å². The van der Waals surface area contributed by atoms with Gasteiger partial charge in [-0.15, -0.1) is 0 Å². The van der Waals surface area contributed by atoms with Crippen LogP contribution in [0.25, 0.3) is 0 Å². The maximum atomic E-state index is 12.4. The molecule has 1 N–H and O–H groups in total. The van der Waals surface area contributed by atoms with E-state index >= 15 is 0 Å². The van der Waals surface area contributed by atoms with E-state index in [9.17, 15) is 9.59 Å². The number of ether oxygens (including phenoxy) is 1. The SMILES string of the molecule is Cc1ccc(OCCCC(=O)N2CCN(CC(=O)NCc3ccccc3)CC2)cc1. The van der Waals surface area contributed by atoms with Crippen LogP contribution in [-0.4, -0.2) is 60.9 Å². The summed E-state index contributed by atoms with van der Waals surface area (Å²) < 4.78 is 5.69. The topological polar surface area (TPSA) is 61.9 Å². The van der Waals surface area contributed by atoms with E-state index in [2.05, 4.69) is 10.2 Å². The van der Waals surface area contributed by atoms with Gasteiger partial charge in [0.1, 0.15) is 5.75 Å². The molecule has 0 bridgehead atoms. The van der Waals surface area contributed by atoms with Crippen LogP contribution in [0.1, 0.15) is 24.0 Å². The van der Waals surface area contributed by atoms with Crippen molar-refractivity contribution in [3.63, 3.8) is 0 Å². The fourth-order valence-corrected chi connectivity index (χ4v) is 3.42. The lowest BCUT2D eigenvalue weighted by atomic mass is 10.2. The highest BCUT2D eigenvalue weighted by molar-refractivity contribution is 5.78. The number of hydrogen-bond acceptors (Lipinski definition) is 4. The van der Waals surface area contributed by atoms with E-state index < -0.39 is 0 Å². The molecule has 2 aromatic rings. The third-order valence-corrected chi connectivity index (χ3v) is 5.25. The van der Waals surface area contributed by atoms with Gasteiger partial charge in [-0.2, -0.15) is 0 Å². The first kappa shape index (κ1) is 21.8. The summed E-state index contributed by atoms with van der Waals surface area (Å²) >= 11 is 0. The fraction of sp³-hybridized carbons (Fsp3) is 0.417. The summed E-state index contributed by atoms with van der Waals surface area (Å²) in [7, 11) is 0. The van der Waals surface area contributed by atoms with Crippen molar-refractivity contribution in [1.82, 2.24) is 15.1 Å². The van der Waals surface area contributed by atoms with Crippen LogP contribution in [-0.2, 0) is 16.1 Å². The van der Waals surface area contributed by atoms with Crippen molar-refractivity contribution in [3.05, 3.63) is 65.7 Å². The number of nitrogens with one attached hydrogen (secondary N) is 1. The molecule has 6 heteroatoms. The third-order valence-electron chi connectivity index (χ3n) is 5.25. The minimum atomic E-state index is 0.0203. The highest BCUT2D eigenvalue weighted by atomic mass is 16.5. The van der Waals surface area contributed by atoms with E-state index in [1.165, 1.54) is 5.56 Å².